The minimum Gasteiger partial charge on any atom is -0.462 e. The van der Waals surface area contributed by atoms with Gasteiger partial charge in [0.1, 0.15) is 5.70 Å². The number of carbonyl (C=O) groups excluding carboxylic acids is 4. The monoisotopic (exact) mass is 671 g/mol. The summed E-state index contributed by atoms with van der Waals surface area (Å²) in [5.41, 5.74) is 2.84. The topological polar surface area (TPSA) is 114 Å². The number of unbranched alkanes of at least 4 members (excludes halogenated alkanes) is 1. The van der Waals surface area contributed by atoms with Crippen molar-refractivity contribution in [1.82, 2.24) is 5.32 Å². The number of hydrogen-bond donors (Lipinski definition) is 3. The molecule has 0 bridgehead atoms. The number of benzene rings is 5. The van der Waals surface area contributed by atoms with Crippen LogP contribution in [-0.2, 0) is 14.3 Å². The Kier molecular flexibility index (Phi) is 12.0. The van der Waals surface area contributed by atoms with Crippen LogP contribution in [0.2, 0.25) is 0 Å². The molecule has 0 aromatic heterocycles. The Bertz CT molecular complexity index is 1950. The number of thioether (sulfide) groups is 1. The molecule has 0 saturated heterocycles. The van der Waals surface area contributed by atoms with Crippen molar-refractivity contribution < 1.29 is 23.9 Å². The SMILES string of the molecule is CCCCOC(=O)c1ccc(NC(=O)C(C)Sc2ccc(NC(=O)/C(=C/c3cccc4ccccc34)NC(=O)c3ccccc3)cc2)cc1. The first kappa shape index (κ1) is 34.7. The molecule has 0 aliphatic rings. The predicted octanol–water partition coefficient (Wildman–Crippen LogP) is 8.33. The van der Waals surface area contributed by atoms with Gasteiger partial charge in [-0.2, -0.15) is 0 Å². The number of ether oxygens (including phenoxy) is 1. The highest BCUT2D eigenvalue weighted by atomic mass is 32.2. The standard InChI is InChI=1S/C40H37N3O5S/c1-3-4-25-48-40(47)30-17-19-32(20-18-30)41-37(44)27(2)49-34-23-21-33(22-24-34)42-39(46)36(43-38(45)29-12-6-5-7-13-29)26-31-15-10-14-28-11-8-9-16-35(28)31/h5-24,26-27H,3-4,25H2,1-2H3,(H,41,44)(H,42,46)(H,43,45)/b36-26-. The maximum Gasteiger partial charge on any atom is 0.338 e. The van der Waals surface area contributed by atoms with Gasteiger partial charge in [-0.05, 0) is 96.4 Å². The van der Waals surface area contributed by atoms with Crippen molar-refractivity contribution in [3.05, 3.63) is 144 Å². The van der Waals surface area contributed by atoms with E-state index >= 15 is 0 Å². The van der Waals surface area contributed by atoms with Gasteiger partial charge < -0.3 is 20.7 Å². The van der Waals surface area contributed by atoms with E-state index in [1.807, 2.05) is 67.6 Å². The number of amides is 3. The van der Waals surface area contributed by atoms with E-state index in [-0.39, 0.29) is 17.6 Å². The van der Waals surface area contributed by atoms with Gasteiger partial charge in [0, 0.05) is 21.8 Å². The van der Waals surface area contributed by atoms with E-state index in [1.165, 1.54) is 11.8 Å². The lowest BCUT2D eigenvalue weighted by atomic mass is 10.0. The summed E-state index contributed by atoms with van der Waals surface area (Å²) in [6.07, 6.45) is 3.43. The Morgan fingerprint density at radius 2 is 1.39 bits per heavy atom. The Morgan fingerprint density at radius 1 is 0.735 bits per heavy atom. The average Bonchev–Trinajstić information content (AvgIpc) is 3.13. The molecular weight excluding hydrogens is 635 g/mol. The van der Waals surface area contributed by atoms with Crippen LogP contribution in [0.1, 0.15) is 53.0 Å². The Hall–Kier alpha value is -5.67. The zero-order valence-electron chi connectivity index (χ0n) is 27.3. The van der Waals surface area contributed by atoms with Gasteiger partial charge in [-0.1, -0.05) is 74.0 Å². The minimum absolute atomic E-state index is 0.0929. The van der Waals surface area contributed by atoms with Crippen LogP contribution in [0.5, 0.6) is 0 Å². The molecule has 5 aromatic carbocycles. The summed E-state index contributed by atoms with van der Waals surface area (Å²) in [4.78, 5) is 52.5. The summed E-state index contributed by atoms with van der Waals surface area (Å²) >= 11 is 1.37. The highest BCUT2D eigenvalue weighted by molar-refractivity contribution is 8.00. The molecule has 3 amide bonds. The molecule has 1 atom stereocenters. The molecule has 5 rings (SSSR count). The molecule has 3 N–H and O–H groups in total. The molecular formula is C40H37N3O5S. The highest BCUT2D eigenvalue weighted by Gasteiger charge is 2.18. The maximum absolute atomic E-state index is 13.6. The number of fused-ring (bicyclic) bond motifs is 1. The van der Waals surface area contributed by atoms with E-state index in [0.717, 1.165) is 34.1 Å². The van der Waals surface area contributed by atoms with Gasteiger partial charge in [-0.25, -0.2) is 4.79 Å². The second kappa shape index (κ2) is 16.9. The van der Waals surface area contributed by atoms with Crippen molar-refractivity contribution >= 4 is 63.7 Å². The maximum atomic E-state index is 13.6. The van der Waals surface area contributed by atoms with Crippen LogP contribution >= 0.6 is 11.8 Å². The molecule has 8 nitrogen and oxygen atoms in total. The molecule has 0 fully saturated rings. The van der Waals surface area contributed by atoms with E-state index < -0.39 is 17.1 Å². The van der Waals surface area contributed by atoms with Crippen LogP contribution in [0.3, 0.4) is 0 Å². The van der Waals surface area contributed by atoms with Crippen molar-refractivity contribution in [2.24, 2.45) is 0 Å². The zero-order valence-corrected chi connectivity index (χ0v) is 28.1. The van der Waals surface area contributed by atoms with Crippen LogP contribution in [0.25, 0.3) is 16.8 Å². The lowest BCUT2D eigenvalue weighted by Gasteiger charge is -2.14. The lowest BCUT2D eigenvalue weighted by Crippen LogP contribution is -2.30. The summed E-state index contributed by atoms with van der Waals surface area (Å²) in [7, 11) is 0. The summed E-state index contributed by atoms with van der Waals surface area (Å²) in [5.74, 6) is -1.46. The van der Waals surface area contributed by atoms with Gasteiger partial charge in [0.15, 0.2) is 0 Å². The largest absolute Gasteiger partial charge is 0.462 e. The van der Waals surface area contributed by atoms with Crippen molar-refractivity contribution in [3.8, 4) is 0 Å². The van der Waals surface area contributed by atoms with E-state index in [4.69, 9.17) is 4.74 Å². The Balaban J connectivity index is 1.23. The van der Waals surface area contributed by atoms with Gasteiger partial charge in [-0.3, -0.25) is 14.4 Å². The van der Waals surface area contributed by atoms with E-state index in [2.05, 4.69) is 16.0 Å². The van der Waals surface area contributed by atoms with E-state index in [1.54, 1.807) is 73.7 Å². The zero-order chi connectivity index (χ0) is 34.6. The minimum atomic E-state index is -0.481. The third kappa shape index (κ3) is 9.68. The van der Waals surface area contributed by atoms with Crippen LogP contribution < -0.4 is 16.0 Å². The molecule has 0 radical (unpaired) electrons. The third-order valence-corrected chi connectivity index (χ3v) is 8.68. The molecule has 0 heterocycles. The van der Waals surface area contributed by atoms with Crippen LogP contribution in [-0.4, -0.2) is 35.5 Å². The molecule has 5 aromatic rings. The third-order valence-electron chi connectivity index (χ3n) is 7.57. The molecule has 9 heteroatoms. The number of anilines is 2. The lowest BCUT2D eigenvalue weighted by molar-refractivity contribution is -0.115. The summed E-state index contributed by atoms with van der Waals surface area (Å²) in [6.45, 7) is 4.21. The van der Waals surface area contributed by atoms with Crippen LogP contribution in [0.4, 0.5) is 11.4 Å². The first-order valence-corrected chi connectivity index (χ1v) is 16.9. The number of carbonyl (C=O) groups is 4. The van der Waals surface area contributed by atoms with Gasteiger partial charge >= 0.3 is 5.97 Å². The van der Waals surface area contributed by atoms with E-state index in [9.17, 15) is 19.2 Å². The fourth-order valence-electron chi connectivity index (χ4n) is 4.87. The second-order valence-corrected chi connectivity index (χ2v) is 12.7. The fraction of sp³-hybridized carbons (Fsp3) is 0.150. The van der Waals surface area contributed by atoms with Crippen molar-refractivity contribution in [2.75, 3.05) is 17.2 Å². The van der Waals surface area contributed by atoms with Gasteiger partial charge in [0.25, 0.3) is 11.8 Å². The molecule has 49 heavy (non-hydrogen) atoms. The molecule has 0 spiro atoms. The molecule has 0 aliphatic carbocycles. The fourth-order valence-corrected chi connectivity index (χ4v) is 5.74. The van der Waals surface area contributed by atoms with Crippen molar-refractivity contribution in [2.45, 2.75) is 36.8 Å². The summed E-state index contributed by atoms with van der Waals surface area (Å²) in [6, 6.07) is 36.1. The second-order valence-electron chi connectivity index (χ2n) is 11.2. The highest BCUT2D eigenvalue weighted by Crippen LogP contribution is 2.26. The summed E-state index contributed by atoms with van der Waals surface area (Å²) in [5, 5.41) is 10.1. The normalized spacial score (nSPS) is 11.8. The van der Waals surface area contributed by atoms with Crippen molar-refractivity contribution in [1.29, 1.82) is 0 Å². The summed E-state index contributed by atoms with van der Waals surface area (Å²) < 4.78 is 5.23. The quantitative estimate of drug-likeness (QED) is 0.0502. The average molecular weight is 672 g/mol. The number of hydrogen-bond acceptors (Lipinski definition) is 6. The van der Waals surface area contributed by atoms with E-state index in [0.29, 0.717) is 29.1 Å². The molecule has 248 valence electrons. The van der Waals surface area contributed by atoms with Gasteiger partial charge in [0.2, 0.25) is 5.91 Å². The Labute approximate surface area is 290 Å². The number of esters is 1. The number of rotatable bonds is 13. The first-order valence-electron chi connectivity index (χ1n) is 16.0. The van der Waals surface area contributed by atoms with Gasteiger partial charge in [-0.15, -0.1) is 11.8 Å². The Morgan fingerprint density at radius 3 is 2.12 bits per heavy atom. The van der Waals surface area contributed by atoms with Crippen LogP contribution in [0.15, 0.2) is 132 Å². The van der Waals surface area contributed by atoms with Crippen LogP contribution in [0, 0.1) is 0 Å². The molecule has 0 saturated carbocycles. The van der Waals surface area contributed by atoms with Crippen molar-refractivity contribution in [3.63, 3.8) is 0 Å². The smallest absolute Gasteiger partial charge is 0.338 e. The number of nitrogens with one attached hydrogen (secondary N) is 3. The predicted molar refractivity (Wildman–Crippen MR) is 196 cm³/mol. The first-order chi connectivity index (χ1) is 23.8. The van der Waals surface area contributed by atoms with Gasteiger partial charge in [0.05, 0.1) is 17.4 Å². The molecule has 1 unspecified atom stereocenters. The molecule has 0 aliphatic heterocycles.